The third-order valence-electron chi connectivity index (χ3n) is 4.81. The molecule has 1 N–H and O–H groups in total. The maximum atomic E-state index is 13.2. The van der Waals surface area contributed by atoms with Crippen molar-refractivity contribution in [1.82, 2.24) is 0 Å². The Morgan fingerprint density at radius 2 is 1.74 bits per heavy atom. The molecular formula is C24H17ClFNO4. The lowest BCUT2D eigenvalue weighted by Crippen LogP contribution is -2.15. The Morgan fingerprint density at radius 3 is 2.45 bits per heavy atom. The van der Waals surface area contributed by atoms with Crippen LogP contribution in [0.2, 0.25) is 5.02 Å². The number of Topliss-reactive ketones (excluding diaryl/α,β-unsaturated/α-hetero) is 1. The van der Waals surface area contributed by atoms with Crippen molar-refractivity contribution < 1.29 is 23.1 Å². The first-order chi connectivity index (χ1) is 15.0. The first-order valence-electron chi connectivity index (χ1n) is 9.40. The summed E-state index contributed by atoms with van der Waals surface area (Å²) in [5, 5.41) is 4.02. The Balaban J connectivity index is 1.64. The molecule has 31 heavy (non-hydrogen) atoms. The van der Waals surface area contributed by atoms with E-state index in [4.69, 9.17) is 20.8 Å². The molecule has 7 heteroatoms. The molecule has 1 aromatic heterocycles. The molecule has 3 aromatic carbocycles. The van der Waals surface area contributed by atoms with Crippen LogP contribution in [-0.4, -0.2) is 25.2 Å². The second-order valence-electron chi connectivity index (χ2n) is 6.76. The molecule has 0 saturated carbocycles. The topological polar surface area (TPSA) is 68.5 Å². The zero-order chi connectivity index (χ0) is 22.0. The molecule has 0 amide bonds. The predicted molar refractivity (Wildman–Crippen MR) is 117 cm³/mol. The van der Waals surface area contributed by atoms with Gasteiger partial charge in [0.05, 0.1) is 24.4 Å². The molecule has 0 bridgehead atoms. The number of methoxy groups -OCH3 is 1. The molecule has 0 spiro atoms. The number of rotatable bonds is 7. The van der Waals surface area contributed by atoms with Crippen LogP contribution in [0.25, 0.3) is 11.0 Å². The van der Waals surface area contributed by atoms with E-state index in [2.05, 4.69) is 5.32 Å². The van der Waals surface area contributed by atoms with Gasteiger partial charge in [0.25, 0.3) is 0 Å². The van der Waals surface area contributed by atoms with Gasteiger partial charge in [0.2, 0.25) is 5.78 Å². The molecule has 0 unspecified atom stereocenters. The highest BCUT2D eigenvalue weighted by atomic mass is 35.5. The first-order valence-corrected chi connectivity index (χ1v) is 9.78. The van der Waals surface area contributed by atoms with Crippen molar-refractivity contribution in [2.45, 2.75) is 0 Å². The number of carbonyl (C=O) groups excluding carboxylic acids is 2. The van der Waals surface area contributed by atoms with Crippen molar-refractivity contribution in [1.29, 1.82) is 0 Å². The minimum Gasteiger partial charge on any atom is -0.495 e. The molecule has 4 aromatic rings. The highest BCUT2D eigenvalue weighted by Gasteiger charge is 2.22. The van der Waals surface area contributed by atoms with Crippen LogP contribution >= 0.6 is 11.6 Å². The number of para-hydroxylation sites is 1. The van der Waals surface area contributed by atoms with E-state index in [0.717, 1.165) is 0 Å². The molecule has 0 atom stereocenters. The third kappa shape index (κ3) is 4.15. The predicted octanol–water partition coefficient (Wildman–Crippen LogP) is 5.76. The summed E-state index contributed by atoms with van der Waals surface area (Å²) in [5.74, 6) is -0.565. The molecule has 0 fully saturated rings. The molecular weight excluding hydrogens is 421 g/mol. The fraction of sp³-hybridized carbons (Fsp3) is 0.0833. The number of carbonyl (C=O) groups is 2. The maximum Gasteiger partial charge on any atom is 0.230 e. The van der Waals surface area contributed by atoms with Gasteiger partial charge in [0.15, 0.2) is 11.5 Å². The number of furan rings is 1. The molecule has 0 radical (unpaired) electrons. The van der Waals surface area contributed by atoms with Gasteiger partial charge < -0.3 is 14.5 Å². The molecule has 4 rings (SSSR count). The van der Waals surface area contributed by atoms with E-state index >= 15 is 0 Å². The first kappa shape index (κ1) is 20.6. The van der Waals surface area contributed by atoms with Gasteiger partial charge in [-0.2, -0.15) is 0 Å². The summed E-state index contributed by atoms with van der Waals surface area (Å²) in [5.41, 5.74) is 1.57. The Hall–Kier alpha value is -3.64. The standard InChI is InChI=1S/C24H17ClFNO4/c1-30-21-11-8-15(12-18(21)25)19(28)13-27-22-17-4-2-3-5-20(17)31-24(22)23(29)14-6-9-16(26)10-7-14/h2-12,27H,13H2,1H3. The van der Waals surface area contributed by atoms with E-state index in [1.165, 1.54) is 37.4 Å². The smallest absolute Gasteiger partial charge is 0.230 e. The Morgan fingerprint density at radius 1 is 1.03 bits per heavy atom. The number of nitrogens with one attached hydrogen (secondary N) is 1. The van der Waals surface area contributed by atoms with Crippen LogP contribution < -0.4 is 10.1 Å². The van der Waals surface area contributed by atoms with E-state index in [1.54, 1.807) is 36.4 Å². The summed E-state index contributed by atoms with van der Waals surface area (Å²) in [6, 6.07) is 17.1. The van der Waals surface area contributed by atoms with Gasteiger partial charge in [0.1, 0.15) is 17.1 Å². The average Bonchev–Trinajstić information content (AvgIpc) is 3.16. The summed E-state index contributed by atoms with van der Waals surface area (Å²) in [4.78, 5) is 25.7. The Bertz CT molecular complexity index is 1280. The number of hydrogen-bond donors (Lipinski definition) is 1. The summed E-state index contributed by atoms with van der Waals surface area (Å²) < 4.78 is 24.1. The van der Waals surface area contributed by atoms with Crippen molar-refractivity contribution in [2.24, 2.45) is 0 Å². The second kappa shape index (κ2) is 8.62. The number of ether oxygens (including phenoxy) is 1. The molecule has 0 saturated heterocycles. The number of fused-ring (bicyclic) bond motifs is 1. The van der Waals surface area contributed by atoms with Gasteiger partial charge in [-0.15, -0.1) is 0 Å². The van der Waals surface area contributed by atoms with Crippen LogP contribution in [-0.2, 0) is 0 Å². The van der Waals surface area contributed by atoms with Gasteiger partial charge in [-0.05, 0) is 54.6 Å². The number of anilines is 1. The van der Waals surface area contributed by atoms with Crippen LogP contribution in [0.3, 0.4) is 0 Å². The maximum absolute atomic E-state index is 13.2. The molecule has 1 heterocycles. The number of hydrogen-bond acceptors (Lipinski definition) is 5. The quantitative estimate of drug-likeness (QED) is 0.372. The largest absolute Gasteiger partial charge is 0.495 e. The minimum absolute atomic E-state index is 0.0494. The van der Waals surface area contributed by atoms with E-state index in [-0.39, 0.29) is 23.7 Å². The molecule has 156 valence electrons. The number of benzene rings is 3. The zero-order valence-corrected chi connectivity index (χ0v) is 17.2. The van der Waals surface area contributed by atoms with Gasteiger partial charge >= 0.3 is 0 Å². The molecule has 0 aliphatic heterocycles. The van der Waals surface area contributed by atoms with Crippen molar-refractivity contribution in [3.05, 3.63) is 94.5 Å². The van der Waals surface area contributed by atoms with Gasteiger partial charge in [-0.1, -0.05) is 23.7 Å². The van der Waals surface area contributed by atoms with Crippen LogP contribution in [0, 0.1) is 5.82 Å². The SMILES string of the molecule is COc1ccc(C(=O)CNc2c(C(=O)c3ccc(F)cc3)oc3ccccc23)cc1Cl. The summed E-state index contributed by atoms with van der Waals surface area (Å²) in [6.45, 7) is -0.0874. The van der Waals surface area contributed by atoms with Gasteiger partial charge in [0, 0.05) is 16.5 Å². The lowest BCUT2D eigenvalue weighted by Gasteiger charge is -2.08. The molecule has 0 aliphatic carbocycles. The van der Waals surface area contributed by atoms with Crippen LogP contribution in [0.15, 0.2) is 71.1 Å². The number of ketones is 2. The fourth-order valence-corrected chi connectivity index (χ4v) is 3.48. The normalized spacial score (nSPS) is 10.8. The fourth-order valence-electron chi connectivity index (χ4n) is 3.22. The van der Waals surface area contributed by atoms with Crippen LogP contribution in [0.1, 0.15) is 26.5 Å². The lowest BCUT2D eigenvalue weighted by molar-refractivity contribution is 0.0997. The summed E-state index contributed by atoms with van der Waals surface area (Å²) in [6.07, 6.45) is 0. The van der Waals surface area contributed by atoms with E-state index < -0.39 is 11.6 Å². The Kier molecular flexibility index (Phi) is 5.73. The number of halogens is 2. The van der Waals surface area contributed by atoms with Gasteiger partial charge in [-0.25, -0.2) is 4.39 Å². The minimum atomic E-state index is -0.441. The van der Waals surface area contributed by atoms with Crippen LogP contribution in [0.5, 0.6) is 5.75 Å². The Labute approximate surface area is 182 Å². The van der Waals surface area contributed by atoms with Gasteiger partial charge in [-0.3, -0.25) is 9.59 Å². The van der Waals surface area contributed by atoms with E-state index in [1.807, 2.05) is 0 Å². The highest BCUT2D eigenvalue weighted by molar-refractivity contribution is 6.32. The average molecular weight is 438 g/mol. The molecule has 5 nitrogen and oxygen atoms in total. The zero-order valence-electron chi connectivity index (χ0n) is 16.4. The summed E-state index contributed by atoms with van der Waals surface area (Å²) >= 11 is 6.11. The van der Waals surface area contributed by atoms with Crippen LogP contribution in [0.4, 0.5) is 10.1 Å². The van der Waals surface area contributed by atoms with Crippen molar-refractivity contribution in [3.8, 4) is 5.75 Å². The molecule has 0 aliphatic rings. The lowest BCUT2D eigenvalue weighted by atomic mass is 10.1. The van der Waals surface area contributed by atoms with Crippen molar-refractivity contribution in [2.75, 3.05) is 19.0 Å². The van der Waals surface area contributed by atoms with E-state index in [9.17, 15) is 14.0 Å². The monoisotopic (exact) mass is 437 g/mol. The third-order valence-corrected chi connectivity index (χ3v) is 5.10. The highest BCUT2D eigenvalue weighted by Crippen LogP contribution is 2.33. The van der Waals surface area contributed by atoms with Crippen molar-refractivity contribution in [3.63, 3.8) is 0 Å². The van der Waals surface area contributed by atoms with E-state index in [0.29, 0.717) is 33.0 Å². The second-order valence-corrected chi connectivity index (χ2v) is 7.17. The summed E-state index contributed by atoms with van der Waals surface area (Å²) in [7, 11) is 1.49. The van der Waals surface area contributed by atoms with Crippen molar-refractivity contribution >= 4 is 39.8 Å².